The molecular formula is C28H34N4O3S. The standard InChI is InChI=1S/C28H34N4O3S/c1-20-10-11-21(2)27(16-20)31-14-12-30(13-15-31)17-25-18-32(19-26(25)24-8-6-5-7-9-24)36(33,34)28-22(3)29-35-23(28)4/h5-11,16,25-26H,12-15,18-19H2,1-4H3/t25-,26-/m1/s1. The minimum Gasteiger partial charge on any atom is -0.369 e. The Bertz CT molecular complexity index is 1290. The highest BCUT2D eigenvalue weighted by molar-refractivity contribution is 7.89. The van der Waals surface area contributed by atoms with E-state index in [1.54, 1.807) is 18.2 Å². The first-order valence-corrected chi connectivity index (χ1v) is 14.0. The summed E-state index contributed by atoms with van der Waals surface area (Å²) < 4.78 is 33.9. The van der Waals surface area contributed by atoms with Crippen molar-refractivity contribution >= 4 is 15.7 Å². The minimum absolute atomic E-state index is 0.0325. The number of aromatic nitrogens is 1. The zero-order valence-electron chi connectivity index (χ0n) is 21.4. The van der Waals surface area contributed by atoms with E-state index in [4.69, 9.17) is 4.52 Å². The molecule has 2 radical (unpaired) electrons. The number of anilines is 1. The van der Waals surface area contributed by atoms with Gasteiger partial charge in [-0.25, -0.2) is 8.42 Å². The monoisotopic (exact) mass is 506 g/mol. The van der Waals surface area contributed by atoms with E-state index in [1.807, 2.05) is 18.2 Å². The number of hydrogen-bond donors (Lipinski definition) is 0. The van der Waals surface area contributed by atoms with Crippen molar-refractivity contribution in [3.63, 3.8) is 0 Å². The van der Waals surface area contributed by atoms with E-state index >= 15 is 0 Å². The first-order chi connectivity index (χ1) is 17.2. The van der Waals surface area contributed by atoms with Crippen molar-refractivity contribution in [2.75, 3.05) is 44.2 Å². The van der Waals surface area contributed by atoms with Gasteiger partial charge in [0.25, 0.3) is 0 Å². The van der Waals surface area contributed by atoms with Gasteiger partial charge in [-0.05, 0) is 50.5 Å². The summed E-state index contributed by atoms with van der Waals surface area (Å²) in [6.07, 6.45) is 0. The lowest BCUT2D eigenvalue weighted by Crippen LogP contribution is -2.46. The van der Waals surface area contributed by atoms with Gasteiger partial charge in [-0.15, -0.1) is 0 Å². The van der Waals surface area contributed by atoms with Crippen LogP contribution in [0.4, 0.5) is 5.69 Å². The molecule has 8 heteroatoms. The van der Waals surface area contributed by atoms with Crippen molar-refractivity contribution < 1.29 is 12.9 Å². The molecule has 0 unspecified atom stereocenters. The number of rotatable bonds is 6. The zero-order valence-corrected chi connectivity index (χ0v) is 22.3. The summed E-state index contributed by atoms with van der Waals surface area (Å²) in [4.78, 5) is 4.89. The molecule has 0 spiro atoms. The van der Waals surface area contributed by atoms with Crippen LogP contribution < -0.4 is 4.90 Å². The van der Waals surface area contributed by atoms with Crippen LogP contribution in [0.2, 0.25) is 0 Å². The molecule has 2 atom stereocenters. The fraction of sp³-hybridized carbons (Fsp3) is 0.429. The highest BCUT2D eigenvalue weighted by atomic mass is 32.2. The Labute approximate surface area is 214 Å². The second-order valence-electron chi connectivity index (χ2n) is 9.99. The van der Waals surface area contributed by atoms with Crippen LogP contribution in [-0.4, -0.2) is 62.0 Å². The molecule has 3 heterocycles. The third-order valence-electron chi connectivity index (χ3n) is 7.41. The maximum Gasteiger partial charge on any atom is 0.248 e. The van der Waals surface area contributed by atoms with Crippen LogP contribution in [-0.2, 0) is 10.0 Å². The Morgan fingerprint density at radius 3 is 2.33 bits per heavy atom. The quantitative estimate of drug-likeness (QED) is 0.500. The molecule has 190 valence electrons. The Hall–Kier alpha value is -2.68. The predicted octanol–water partition coefficient (Wildman–Crippen LogP) is 4.17. The number of benzene rings is 2. The van der Waals surface area contributed by atoms with Crippen LogP contribution in [0.5, 0.6) is 0 Å². The summed E-state index contributed by atoms with van der Waals surface area (Å²) in [6, 6.07) is 16.8. The van der Waals surface area contributed by atoms with Crippen LogP contribution in [0.15, 0.2) is 57.9 Å². The molecule has 3 aromatic rings. The maximum atomic E-state index is 13.6. The van der Waals surface area contributed by atoms with Crippen molar-refractivity contribution in [3.05, 3.63) is 83.2 Å². The Morgan fingerprint density at radius 2 is 1.67 bits per heavy atom. The molecule has 1 aromatic heterocycles. The van der Waals surface area contributed by atoms with Crippen molar-refractivity contribution in [1.29, 1.82) is 0 Å². The van der Waals surface area contributed by atoms with E-state index in [9.17, 15) is 8.42 Å². The van der Waals surface area contributed by atoms with Gasteiger partial charge in [0, 0.05) is 56.8 Å². The molecule has 2 aliphatic rings. The van der Waals surface area contributed by atoms with E-state index in [0.29, 0.717) is 24.5 Å². The van der Waals surface area contributed by atoms with Crippen LogP contribution >= 0.6 is 0 Å². The van der Waals surface area contributed by atoms with Crippen molar-refractivity contribution in [2.45, 2.75) is 38.5 Å². The first kappa shape index (κ1) is 25.0. The van der Waals surface area contributed by atoms with Gasteiger partial charge >= 0.3 is 0 Å². The predicted molar refractivity (Wildman–Crippen MR) is 140 cm³/mol. The van der Waals surface area contributed by atoms with Crippen LogP contribution in [0.1, 0.15) is 34.1 Å². The normalized spacial score (nSPS) is 21.8. The van der Waals surface area contributed by atoms with E-state index < -0.39 is 10.0 Å². The Balaban J connectivity index is 1.33. The van der Waals surface area contributed by atoms with Gasteiger partial charge in [-0.3, -0.25) is 4.90 Å². The lowest BCUT2D eigenvalue weighted by Gasteiger charge is -2.38. The smallest absolute Gasteiger partial charge is 0.248 e. The fourth-order valence-electron chi connectivity index (χ4n) is 5.48. The molecule has 0 amide bonds. The van der Waals surface area contributed by atoms with Crippen LogP contribution in [0, 0.1) is 40.2 Å². The second-order valence-corrected chi connectivity index (χ2v) is 11.9. The summed E-state index contributed by atoms with van der Waals surface area (Å²) in [6.45, 7) is 15.7. The fourth-order valence-corrected chi connectivity index (χ4v) is 7.26. The number of sulfonamides is 1. The van der Waals surface area contributed by atoms with E-state index in [2.05, 4.69) is 65.7 Å². The Kier molecular flexibility index (Phi) is 6.94. The van der Waals surface area contributed by atoms with Gasteiger partial charge in [0.05, 0.1) is 6.54 Å². The van der Waals surface area contributed by atoms with Gasteiger partial charge in [0.1, 0.15) is 10.6 Å². The summed E-state index contributed by atoms with van der Waals surface area (Å²) in [5.74, 6) is 0.344. The molecule has 2 aromatic carbocycles. The molecule has 0 N–H and O–H groups in total. The van der Waals surface area contributed by atoms with Gasteiger partial charge in [-0.1, -0.05) is 47.6 Å². The highest BCUT2D eigenvalue weighted by Gasteiger charge is 2.43. The average Bonchev–Trinajstić information content (AvgIpc) is 3.45. The van der Waals surface area contributed by atoms with E-state index in [1.165, 1.54) is 16.8 Å². The number of aryl methyl sites for hydroxylation is 4. The van der Waals surface area contributed by atoms with Crippen LogP contribution in [0.25, 0.3) is 0 Å². The molecule has 2 saturated heterocycles. The highest BCUT2D eigenvalue weighted by Crippen LogP contribution is 2.39. The summed E-state index contributed by atoms with van der Waals surface area (Å²) >= 11 is 0. The molecule has 2 aliphatic heterocycles. The minimum atomic E-state index is -3.71. The lowest BCUT2D eigenvalue weighted by atomic mass is 9.88. The summed E-state index contributed by atoms with van der Waals surface area (Å²) in [5.41, 5.74) is 5.41. The average molecular weight is 507 g/mol. The topological polar surface area (TPSA) is 69.9 Å². The number of hydrogen-bond acceptors (Lipinski definition) is 6. The second kappa shape index (κ2) is 10.00. The third-order valence-corrected chi connectivity index (χ3v) is 9.49. The summed E-state index contributed by atoms with van der Waals surface area (Å²) in [5, 5.41) is 3.88. The van der Waals surface area contributed by atoms with Gasteiger partial charge in [0.2, 0.25) is 10.0 Å². The molecule has 7 nitrogen and oxygen atoms in total. The molecular weight excluding hydrogens is 472 g/mol. The van der Waals surface area contributed by atoms with E-state index in [0.717, 1.165) is 31.7 Å². The molecule has 36 heavy (non-hydrogen) atoms. The molecule has 0 aliphatic carbocycles. The van der Waals surface area contributed by atoms with Crippen molar-refractivity contribution in [3.8, 4) is 0 Å². The third kappa shape index (κ3) is 4.82. The van der Waals surface area contributed by atoms with E-state index in [-0.39, 0.29) is 16.7 Å². The zero-order chi connectivity index (χ0) is 25.4. The SMILES string of the molecule is Cc1ccc(C)c(N2CCN([C][C@@H]3CN(S(=O)(=O)c4c(C)noc4C)C[C@@H]3c3ccccc3)CC2)c1. The van der Waals surface area contributed by atoms with Gasteiger partial charge in [-0.2, -0.15) is 4.31 Å². The first-order valence-electron chi connectivity index (χ1n) is 12.6. The lowest BCUT2D eigenvalue weighted by molar-refractivity contribution is 0.271. The molecule has 0 saturated carbocycles. The van der Waals surface area contributed by atoms with Crippen molar-refractivity contribution in [1.82, 2.24) is 14.4 Å². The van der Waals surface area contributed by atoms with Crippen LogP contribution in [0.3, 0.4) is 0 Å². The maximum absolute atomic E-state index is 13.6. The van der Waals surface area contributed by atoms with Gasteiger partial charge < -0.3 is 9.42 Å². The number of piperazine rings is 1. The molecule has 5 rings (SSSR count). The molecule has 0 bridgehead atoms. The number of nitrogens with zero attached hydrogens (tertiary/aromatic N) is 4. The van der Waals surface area contributed by atoms with Crippen molar-refractivity contribution in [2.24, 2.45) is 5.92 Å². The van der Waals surface area contributed by atoms with Gasteiger partial charge in [0.15, 0.2) is 5.76 Å². The summed E-state index contributed by atoms with van der Waals surface area (Å²) in [7, 11) is -3.71. The Morgan fingerprint density at radius 1 is 0.944 bits per heavy atom. The molecule has 2 fully saturated rings. The largest absolute Gasteiger partial charge is 0.369 e.